The van der Waals surface area contributed by atoms with Crippen molar-refractivity contribution < 1.29 is 14.3 Å². The van der Waals surface area contributed by atoms with E-state index in [1.807, 2.05) is 11.8 Å². The number of hydrogen-bond acceptors (Lipinski definition) is 5. The SMILES string of the molecule is CC1N(c2nc3c(cc2F)c(=O)c(C(=O)O)cn3C2CC2)CC2CC21N. The summed E-state index contributed by atoms with van der Waals surface area (Å²) in [6.07, 6.45) is 4.06. The predicted octanol–water partition coefficient (Wildman–Crippen LogP) is 1.49. The molecule has 26 heavy (non-hydrogen) atoms. The Morgan fingerprint density at radius 3 is 2.77 bits per heavy atom. The second-order valence-electron chi connectivity index (χ2n) is 7.82. The lowest BCUT2D eigenvalue weighted by atomic mass is 10.1. The highest BCUT2D eigenvalue weighted by atomic mass is 19.1. The van der Waals surface area contributed by atoms with Crippen molar-refractivity contribution >= 4 is 22.8 Å². The number of nitrogens with two attached hydrogens (primary N) is 1. The van der Waals surface area contributed by atoms with E-state index in [2.05, 4.69) is 4.98 Å². The topological polar surface area (TPSA) is 101 Å². The monoisotopic (exact) mass is 358 g/mol. The Morgan fingerprint density at radius 1 is 1.46 bits per heavy atom. The molecule has 2 aliphatic carbocycles. The van der Waals surface area contributed by atoms with Crippen LogP contribution < -0.4 is 16.1 Å². The summed E-state index contributed by atoms with van der Waals surface area (Å²) in [5.74, 6) is -1.39. The number of halogens is 1. The van der Waals surface area contributed by atoms with Crippen LogP contribution in [0.4, 0.5) is 10.2 Å². The first-order chi connectivity index (χ1) is 12.3. The van der Waals surface area contributed by atoms with E-state index < -0.39 is 17.2 Å². The Bertz CT molecular complexity index is 1030. The van der Waals surface area contributed by atoms with Crippen molar-refractivity contribution in [3.8, 4) is 0 Å². The fourth-order valence-corrected chi connectivity index (χ4v) is 4.29. The van der Waals surface area contributed by atoms with E-state index in [0.717, 1.165) is 25.3 Å². The van der Waals surface area contributed by atoms with Gasteiger partial charge in [0.2, 0.25) is 5.43 Å². The van der Waals surface area contributed by atoms with Gasteiger partial charge in [-0.3, -0.25) is 4.79 Å². The maximum Gasteiger partial charge on any atom is 0.341 e. The van der Waals surface area contributed by atoms with E-state index in [4.69, 9.17) is 5.73 Å². The van der Waals surface area contributed by atoms with Gasteiger partial charge in [0.15, 0.2) is 11.6 Å². The molecule has 8 heteroatoms. The number of aromatic nitrogens is 2. The molecule has 0 amide bonds. The number of rotatable bonds is 3. The molecule has 7 nitrogen and oxygen atoms in total. The van der Waals surface area contributed by atoms with Gasteiger partial charge in [-0.15, -0.1) is 0 Å². The van der Waals surface area contributed by atoms with Gasteiger partial charge < -0.3 is 20.3 Å². The smallest absolute Gasteiger partial charge is 0.341 e. The lowest BCUT2D eigenvalue weighted by molar-refractivity contribution is 0.0695. The average molecular weight is 358 g/mol. The number of anilines is 1. The van der Waals surface area contributed by atoms with Crippen LogP contribution >= 0.6 is 0 Å². The van der Waals surface area contributed by atoms with E-state index in [-0.39, 0.29) is 34.4 Å². The third-order valence-electron chi connectivity index (χ3n) is 6.24. The predicted molar refractivity (Wildman–Crippen MR) is 93.0 cm³/mol. The molecule has 0 bridgehead atoms. The van der Waals surface area contributed by atoms with Crippen LogP contribution in [-0.4, -0.2) is 38.8 Å². The van der Waals surface area contributed by atoms with Crippen LogP contribution in [0.3, 0.4) is 0 Å². The largest absolute Gasteiger partial charge is 0.477 e. The second-order valence-corrected chi connectivity index (χ2v) is 7.82. The maximum absolute atomic E-state index is 14.8. The Labute approximate surface area is 148 Å². The molecule has 3 atom stereocenters. The molecule has 0 aromatic carbocycles. The van der Waals surface area contributed by atoms with Gasteiger partial charge in [0.05, 0.1) is 5.39 Å². The fraction of sp³-hybridized carbons (Fsp3) is 0.500. The van der Waals surface area contributed by atoms with Gasteiger partial charge in [-0.2, -0.15) is 0 Å². The zero-order chi connectivity index (χ0) is 18.4. The number of carbonyl (C=O) groups is 1. The minimum atomic E-state index is -1.31. The van der Waals surface area contributed by atoms with Crippen LogP contribution in [0.2, 0.25) is 0 Å². The van der Waals surface area contributed by atoms with Gasteiger partial charge in [0.1, 0.15) is 11.2 Å². The number of fused-ring (bicyclic) bond motifs is 2. The Kier molecular flexibility index (Phi) is 2.92. The second kappa shape index (κ2) is 4.82. The minimum Gasteiger partial charge on any atom is -0.477 e. The zero-order valence-corrected chi connectivity index (χ0v) is 14.3. The summed E-state index contributed by atoms with van der Waals surface area (Å²) < 4.78 is 16.5. The standard InChI is InChI=1S/C18H19FN4O3/c1-8-18(20)5-9(18)6-22(8)16-13(19)4-11-14(24)12(17(25)26)7-23(10-2-3-10)15(11)21-16/h4,7-10H,2-3,5-6,20H2,1H3,(H,25,26). The first-order valence-corrected chi connectivity index (χ1v) is 8.85. The molecule has 1 aliphatic heterocycles. The zero-order valence-electron chi connectivity index (χ0n) is 14.3. The lowest BCUT2D eigenvalue weighted by Gasteiger charge is -2.29. The summed E-state index contributed by atoms with van der Waals surface area (Å²) >= 11 is 0. The molecule has 3 fully saturated rings. The summed E-state index contributed by atoms with van der Waals surface area (Å²) in [6.45, 7) is 2.62. The van der Waals surface area contributed by atoms with Gasteiger partial charge in [-0.25, -0.2) is 14.2 Å². The first kappa shape index (κ1) is 15.7. The van der Waals surface area contributed by atoms with Gasteiger partial charge in [-0.1, -0.05) is 0 Å². The first-order valence-electron chi connectivity index (χ1n) is 8.85. The van der Waals surface area contributed by atoms with E-state index in [0.29, 0.717) is 18.1 Å². The normalized spacial score (nSPS) is 29.9. The molecule has 3 N–H and O–H groups in total. The molecule has 1 saturated heterocycles. The lowest BCUT2D eigenvalue weighted by Crippen LogP contribution is -2.43. The molecule has 2 aromatic heterocycles. The van der Waals surface area contributed by atoms with Crippen LogP contribution in [0.5, 0.6) is 0 Å². The van der Waals surface area contributed by atoms with E-state index in [1.165, 1.54) is 6.20 Å². The van der Waals surface area contributed by atoms with Crippen molar-refractivity contribution in [2.24, 2.45) is 11.7 Å². The van der Waals surface area contributed by atoms with Crippen LogP contribution in [0, 0.1) is 11.7 Å². The number of aromatic carboxylic acids is 1. The third-order valence-corrected chi connectivity index (χ3v) is 6.24. The molecule has 2 saturated carbocycles. The molecular formula is C18H19FN4O3. The Morgan fingerprint density at radius 2 is 2.19 bits per heavy atom. The summed E-state index contributed by atoms with van der Waals surface area (Å²) in [4.78, 5) is 30.2. The van der Waals surface area contributed by atoms with Crippen molar-refractivity contribution in [1.82, 2.24) is 9.55 Å². The van der Waals surface area contributed by atoms with Gasteiger partial charge in [0.25, 0.3) is 0 Å². The third kappa shape index (κ3) is 1.99. The van der Waals surface area contributed by atoms with Crippen LogP contribution in [0.1, 0.15) is 42.6 Å². The summed E-state index contributed by atoms with van der Waals surface area (Å²) in [5, 5.41) is 9.31. The van der Waals surface area contributed by atoms with Gasteiger partial charge in [0, 0.05) is 30.4 Å². The maximum atomic E-state index is 14.8. The Balaban J connectivity index is 1.72. The van der Waals surface area contributed by atoms with Crippen molar-refractivity contribution in [2.75, 3.05) is 11.4 Å². The summed E-state index contributed by atoms with van der Waals surface area (Å²) in [7, 11) is 0. The van der Waals surface area contributed by atoms with E-state index in [9.17, 15) is 19.1 Å². The fourth-order valence-electron chi connectivity index (χ4n) is 4.29. The van der Waals surface area contributed by atoms with Crippen LogP contribution in [0.15, 0.2) is 17.1 Å². The highest BCUT2D eigenvalue weighted by molar-refractivity contribution is 5.92. The summed E-state index contributed by atoms with van der Waals surface area (Å²) in [6, 6.07) is 1.20. The van der Waals surface area contributed by atoms with E-state index >= 15 is 0 Å². The highest BCUT2D eigenvalue weighted by Crippen LogP contribution is 2.52. The number of carboxylic acids is 1. The number of hydrogen-bond donors (Lipinski definition) is 2. The quantitative estimate of drug-likeness (QED) is 0.862. The van der Waals surface area contributed by atoms with Crippen molar-refractivity contribution in [3.05, 3.63) is 33.9 Å². The molecule has 3 aliphatic rings. The highest BCUT2D eigenvalue weighted by Gasteiger charge is 2.62. The molecule has 2 aromatic rings. The molecular weight excluding hydrogens is 339 g/mol. The average Bonchev–Trinajstić information content (AvgIpc) is 3.49. The van der Waals surface area contributed by atoms with Crippen molar-refractivity contribution in [3.63, 3.8) is 0 Å². The van der Waals surface area contributed by atoms with Crippen LogP contribution in [-0.2, 0) is 0 Å². The van der Waals surface area contributed by atoms with Crippen LogP contribution in [0.25, 0.3) is 11.0 Å². The molecule has 136 valence electrons. The summed E-state index contributed by atoms with van der Waals surface area (Å²) in [5.41, 5.74) is 5.35. The molecule has 3 heterocycles. The minimum absolute atomic E-state index is 0.0116. The molecule has 5 rings (SSSR count). The van der Waals surface area contributed by atoms with Gasteiger partial charge >= 0.3 is 5.97 Å². The van der Waals surface area contributed by atoms with E-state index in [1.54, 1.807) is 4.57 Å². The van der Waals surface area contributed by atoms with Gasteiger partial charge in [-0.05, 0) is 38.2 Å². The molecule has 0 spiro atoms. The molecule has 3 unspecified atom stereocenters. The number of pyridine rings is 2. The number of carboxylic acid groups (broad SMARTS) is 1. The van der Waals surface area contributed by atoms with Crippen molar-refractivity contribution in [2.45, 2.75) is 43.8 Å². The number of nitrogens with zero attached hydrogens (tertiary/aromatic N) is 3. The number of piperidine rings is 1. The molecule has 0 radical (unpaired) electrons. The Hall–Kier alpha value is -2.48. The van der Waals surface area contributed by atoms with Crippen molar-refractivity contribution in [1.29, 1.82) is 0 Å².